The molecule has 1 aromatic carbocycles. The molecule has 120 valence electrons. The predicted molar refractivity (Wildman–Crippen MR) is 86.2 cm³/mol. The van der Waals surface area contributed by atoms with Gasteiger partial charge in [0.15, 0.2) is 0 Å². The summed E-state index contributed by atoms with van der Waals surface area (Å²) >= 11 is 0. The standard InChI is InChI=1S/C17H25N3O2/c1-3-10-19(2)13-16(21)18-15-9-11-20(17(15)22)12-14-7-5-4-6-8-14/h4-8,15H,3,9-13H2,1-2H3,(H,18,21)/t15-/m0/s1. The van der Waals surface area contributed by atoms with E-state index >= 15 is 0 Å². The molecule has 0 bridgehead atoms. The summed E-state index contributed by atoms with van der Waals surface area (Å²) in [6.45, 7) is 4.62. The van der Waals surface area contributed by atoms with Gasteiger partial charge in [0.25, 0.3) is 0 Å². The lowest BCUT2D eigenvalue weighted by Gasteiger charge is -2.19. The van der Waals surface area contributed by atoms with Crippen LogP contribution in [0.4, 0.5) is 0 Å². The van der Waals surface area contributed by atoms with E-state index in [1.165, 1.54) is 0 Å². The molecule has 1 N–H and O–H groups in total. The Bertz CT molecular complexity index is 504. The SMILES string of the molecule is CCCN(C)CC(=O)N[C@H]1CCN(Cc2ccccc2)C1=O. The van der Waals surface area contributed by atoms with Crippen LogP contribution in [0, 0.1) is 0 Å². The Morgan fingerprint density at radius 1 is 1.36 bits per heavy atom. The fraction of sp³-hybridized carbons (Fsp3) is 0.529. The Kier molecular flexibility index (Phi) is 5.95. The molecule has 0 saturated carbocycles. The normalized spacial score (nSPS) is 18.0. The first kappa shape index (κ1) is 16.5. The molecule has 0 unspecified atom stereocenters. The van der Waals surface area contributed by atoms with E-state index in [9.17, 15) is 9.59 Å². The van der Waals surface area contributed by atoms with Gasteiger partial charge in [-0.05, 0) is 32.0 Å². The molecular formula is C17H25N3O2. The fourth-order valence-corrected chi connectivity index (χ4v) is 2.78. The van der Waals surface area contributed by atoms with Gasteiger partial charge in [-0.1, -0.05) is 37.3 Å². The van der Waals surface area contributed by atoms with Crippen LogP contribution >= 0.6 is 0 Å². The summed E-state index contributed by atoms with van der Waals surface area (Å²) in [4.78, 5) is 28.1. The molecule has 5 nitrogen and oxygen atoms in total. The summed E-state index contributed by atoms with van der Waals surface area (Å²) in [6, 6.07) is 9.56. The maximum Gasteiger partial charge on any atom is 0.245 e. The van der Waals surface area contributed by atoms with Crippen LogP contribution in [0.25, 0.3) is 0 Å². The fourth-order valence-electron chi connectivity index (χ4n) is 2.78. The molecule has 1 atom stereocenters. The van der Waals surface area contributed by atoms with Gasteiger partial charge in [0.2, 0.25) is 11.8 Å². The van der Waals surface area contributed by atoms with Crippen LogP contribution < -0.4 is 5.32 Å². The molecule has 0 aliphatic carbocycles. The lowest BCUT2D eigenvalue weighted by molar-refractivity contribution is -0.133. The number of nitrogens with one attached hydrogen (secondary N) is 1. The number of rotatable bonds is 7. The summed E-state index contributed by atoms with van der Waals surface area (Å²) in [5, 5.41) is 2.86. The molecule has 1 saturated heterocycles. The van der Waals surface area contributed by atoms with Gasteiger partial charge >= 0.3 is 0 Å². The van der Waals surface area contributed by atoms with Crippen molar-refractivity contribution < 1.29 is 9.59 Å². The van der Waals surface area contributed by atoms with Crippen molar-refractivity contribution in [1.29, 1.82) is 0 Å². The number of nitrogens with zero attached hydrogens (tertiary/aromatic N) is 2. The largest absolute Gasteiger partial charge is 0.343 e. The first-order chi connectivity index (χ1) is 10.6. The molecule has 2 amide bonds. The molecule has 0 aromatic heterocycles. The van der Waals surface area contributed by atoms with E-state index in [2.05, 4.69) is 12.2 Å². The highest BCUT2D eigenvalue weighted by molar-refractivity contribution is 5.89. The number of hydrogen-bond acceptors (Lipinski definition) is 3. The molecule has 1 heterocycles. The Morgan fingerprint density at radius 3 is 2.77 bits per heavy atom. The molecule has 0 spiro atoms. The van der Waals surface area contributed by atoms with Crippen molar-refractivity contribution in [3.05, 3.63) is 35.9 Å². The number of carbonyl (C=O) groups excluding carboxylic acids is 2. The summed E-state index contributed by atoms with van der Waals surface area (Å²) in [7, 11) is 1.92. The highest BCUT2D eigenvalue weighted by Gasteiger charge is 2.32. The maximum absolute atomic E-state index is 12.4. The van der Waals surface area contributed by atoms with Gasteiger partial charge in [-0.2, -0.15) is 0 Å². The minimum atomic E-state index is -0.369. The molecular weight excluding hydrogens is 278 g/mol. The third-order valence-electron chi connectivity index (χ3n) is 3.87. The second kappa shape index (κ2) is 7.94. The smallest absolute Gasteiger partial charge is 0.245 e. The molecule has 1 aromatic rings. The topological polar surface area (TPSA) is 52.7 Å². The Morgan fingerprint density at radius 2 is 2.09 bits per heavy atom. The number of benzene rings is 1. The van der Waals surface area contributed by atoms with Crippen LogP contribution in [-0.2, 0) is 16.1 Å². The van der Waals surface area contributed by atoms with Gasteiger partial charge in [0.05, 0.1) is 6.54 Å². The number of amides is 2. The van der Waals surface area contributed by atoms with Crippen LogP contribution in [0.1, 0.15) is 25.3 Å². The average molecular weight is 303 g/mol. The van der Waals surface area contributed by atoms with E-state index < -0.39 is 0 Å². The predicted octanol–water partition coefficient (Wildman–Crippen LogP) is 1.25. The summed E-state index contributed by atoms with van der Waals surface area (Å²) in [5.74, 6) is -0.0498. The number of carbonyl (C=O) groups is 2. The van der Waals surface area contributed by atoms with E-state index in [0.29, 0.717) is 26.1 Å². The van der Waals surface area contributed by atoms with Crippen molar-refractivity contribution in [2.24, 2.45) is 0 Å². The van der Waals surface area contributed by atoms with Crippen molar-refractivity contribution in [2.75, 3.05) is 26.7 Å². The highest BCUT2D eigenvalue weighted by atomic mass is 16.2. The summed E-state index contributed by atoms with van der Waals surface area (Å²) < 4.78 is 0. The zero-order valence-electron chi connectivity index (χ0n) is 13.4. The summed E-state index contributed by atoms with van der Waals surface area (Å²) in [5.41, 5.74) is 1.12. The van der Waals surface area contributed by atoms with Crippen LogP contribution in [0.3, 0.4) is 0 Å². The molecule has 1 fully saturated rings. The second-order valence-electron chi connectivity index (χ2n) is 5.89. The van der Waals surface area contributed by atoms with E-state index in [1.807, 2.05) is 47.2 Å². The monoisotopic (exact) mass is 303 g/mol. The van der Waals surface area contributed by atoms with Gasteiger partial charge in [-0.25, -0.2) is 0 Å². The lowest BCUT2D eigenvalue weighted by Crippen LogP contribution is -2.45. The lowest BCUT2D eigenvalue weighted by atomic mass is 10.2. The maximum atomic E-state index is 12.4. The molecule has 22 heavy (non-hydrogen) atoms. The molecule has 0 radical (unpaired) electrons. The minimum Gasteiger partial charge on any atom is -0.343 e. The zero-order chi connectivity index (χ0) is 15.9. The third kappa shape index (κ3) is 4.56. The third-order valence-corrected chi connectivity index (χ3v) is 3.87. The Hall–Kier alpha value is -1.88. The van der Waals surface area contributed by atoms with Crippen molar-refractivity contribution in [2.45, 2.75) is 32.4 Å². The van der Waals surface area contributed by atoms with E-state index in [4.69, 9.17) is 0 Å². The van der Waals surface area contributed by atoms with Crippen LogP contribution in [-0.4, -0.2) is 54.3 Å². The highest BCUT2D eigenvalue weighted by Crippen LogP contribution is 2.15. The van der Waals surface area contributed by atoms with Crippen LogP contribution in [0.2, 0.25) is 0 Å². The first-order valence-electron chi connectivity index (χ1n) is 7.90. The average Bonchev–Trinajstić information content (AvgIpc) is 2.81. The first-order valence-corrected chi connectivity index (χ1v) is 7.90. The quantitative estimate of drug-likeness (QED) is 0.825. The van der Waals surface area contributed by atoms with Crippen molar-refractivity contribution in [3.63, 3.8) is 0 Å². The van der Waals surface area contributed by atoms with Crippen LogP contribution in [0.5, 0.6) is 0 Å². The van der Waals surface area contributed by atoms with Gasteiger partial charge in [0, 0.05) is 13.1 Å². The number of likely N-dealkylation sites (N-methyl/N-ethyl adjacent to an activating group) is 1. The van der Waals surface area contributed by atoms with Crippen molar-refractivity contribution in [1.82, 2.24) is 15.1 Å². The van der Waals surface area contributed by atoms with E-state index in [-0.39, 0.29) is 17.9 Å². The van der Waals surface area contributed by atoms with Crippen molar-refractivity contribution >= 4 is 11.8 Å². The second-order valence-corrected chi connectivity index (χ2v) is 5.89. The van der Waals surface area contributed by atoms with Gasteiger partial charge in [0.1, 0.15) is 6.04 Å². The minimum absolute atomic E-state index is 0.0235. The Labute approximate surface area is 132 Å². The number of hydrogen-bond donors (Lipinski definition) is 1. The van der Waals surface area contributed by atoms with Crippen molar-refractivity contribution in [3.8, 4) is 0 Å². The van der Waals surface area contributed by atoms with Gasteiger partial charge < -0.3 is 10.2 Å². The molecule has 2 rings (SSSR count). The molecule has 1 aliphatic heterocycles. The Balaban J connectivity index is 1.82. The van der Waals surface area contributed by atoms with Crippen LogP contribution in [0.15, 0.2) is 30.3 Å². The van der Waals surface area contributed by atoms with Gasteiger partial charge in [-0.15, -0.1) is 0 Å². The summed E-state index contributed by atoms with van der Waals surface area (Å²) in [6.07, 6.45) is 1.70. The zero-order valence-corrected chi connectivity index (χ0v) is 13.4. The molecule has 1 aliphatic rings. The van der Waals surface area contributed by atoms with E-state index in [0.717, 1.165) is 18.5 Å². The van der Waals surface area contributed by atoms with Gasteiger partial charge in [-0.3, -0.25) is 14.5 Å². The number of likely N-dealkylation sites (tertiary alicyclic amines) is 1. The molecule has 5 heteroatoms. The van der Waals surface area contributed by atoms with E-state index in [1.54, 1.807) is 0 Å².